The van der Waals surface area contributed by atoms with Gasteiger partial charge in [0.1, 0.15) is 0 Å². The molecule has 0 amide bonds. The molecule has 1 aromatic heterocycles. The highest BCUT2D eigenvalue weighted by molar-refractivity contribution is 7.92. The van der Waals surface area contributed by atoms with Crippen LogP contribution in [0.2, 0.25) is 0 Å². The number of sulfonamides is 1. The van der Waals surface area contributed by atoms with E-state index in [-0.39, 0.29) is 6.04 Å². The lowest BCUT2D eigenvalue weighted by atomic mass is 10.1. The first-order chi connectivity index (χ1) is 9.46. The van der Waals surface area contributed by atoms with Crippen LogP contribution >= 0.6 is 0 Å². The van der Waals surface area contributed by atoms with Crippen LogP contribution in [0, 0.1) is 0 Å². The van der Waals surface area contributed by atoms with Crippen molar-refractivity contribution in [1.82, 2.24) is 4.98 Å². The maximum Gasteiger partial charge on any atom is 0.229 e. The first kappa shape index (κ1) is 14.3. The number of benzene rings is 1. The second-order valence-electron chi connectivity index (χ2n) is 4.57. The summed E-state index contributed by atoms with van der Waals surface area (Å²) in [5, 5.41) is 3.28. The molecule has 1 unspecified atom stereocenters. The van der Waals surface area contributed by atoms with E-state index in [1.54, 1.807) is 24.5 Å². The average molecular weight is 291 g/mol. The Bertz CT molecular complexity index is 672. The van der Waals surface area contributed by atoms with E-state index in [1.807, 2.05) is 31.2 Å². The Hall–Kier alpha value is -2.08. The number of nitrogens with zero attached hydrogens (tertiary/aromatic N) is 1. The molecule has 0 aliphatic heterocycles. The first-order valence-corrected chi connectivity index (χ1v) is 8.08. The lowest BCUT2D eigenvalue weighted by Crippen LogP contribution is -2.13. The van der Waals surface area contributed by atoms with Gasteiger partial charge in [-0.15, -0.1) is 0 Å². The third kappa shape index (κ3) is 3.96. The summed E-state index contributed by atoms with van der Waals surface area (Å²) in [6.07, 6.45) is 4.63. The number of aromatic nitrogens is 1. The summed E-state index contributed by atoms with van der Waals surface area (Å²) in [5.74, 6) is 0. The zero-order valence-electron chi connectivity index (χ0n) is 11.4. The van der Waals surface area contributed by atoms with Crippen molar-refractivity contribution < 1.29 is 8.42 Å². The van der Waals surface area contributed by atoms with Crippen LogP contribution in [0.1, 0.15) is 18.5 Å². The Balaban J connectivity index is 2.21. The molecule has 1 heterocycles. The fraction of sp³-hybridized carbons (Fsp3) is 0.214. The Kier molecular flexibility index (Phi) is 4.24. The fourth-order valence-electron chi connectivity index (χ4n) is 1.85. The Morgan fingerprint density at radius 1 is 1.10 bits per heavy atom. The maximum atomic E-state index is 11.4. The van der Waals surface area contributed by atoms with E-state index < -0.39 is 10.0 Å². The maximum absolute atomic E-state index is 11.4. The van der Waals surface area contributed by atoms with Gasteiger partial charge in [-0.05, 0) is 30.7 Å². The average Bonchev–Trinajstić information content (AvgIpc) is 2.40. The van der Waals surface area contributed by atoms with Crippen molar-refractivity contribution in [3.8, 4) is 0 Å². The van der Waals surface area contributed by atoms with E-state index in [2.05, 4.69) is 15.0 Å². The van der Waals surface area contributed by atoms with Gasteiger partial charge in [0.15, 0.2) is 0 Å². The topological polar surface area (TPSA) is 71.1 Å². The van der Waals surface area contributed by atoms with Crippen LogP contribution in [-0.4, -0.2) is 19.7 Å². The third-order valence-electron chi connectivity index (χ3n) is 2.78. The van der Waals surface area contributed by atoms with Gasteiger partial charge in [0.2, 0.25) is 10.0 Å². The molecule has 5 nitrogen and oxygen atoms in total. The van der Waals surface area contributed by atoms with Crippen molar-refractivity contribution in [3.05, 3.63) is 54.4 Å². The van der Waals surface area contributed by atoms with E-state index >= 15 is 0 Å². The highest BCUT2D eigenvalue weighted by atomic mass is 32.2. The van der Waals surface area contributed by atoms with Gasteiger partial charge in [-0.1, -0.05) is 18.2 Å². The minimum Gasteiger partial charge on any atom is -0.377 e. The van der Waals surface area contributed by atoms with Gasteiger partial charge in [-0.25, -0.2) is 8.42 Å². The zero-order chi connectivity index (χ0) is 14.6. The summed E-state index contributed by atoms with van der Waals surface area (Å²) in [7, 11) is -3.30. The van der Waals surface area contributed by atoms with Gasteiger partial charge in [0, 0.05) is 12.4 Å². The van der Waals surface area contributed by atoms with Crippen molar-refractivity contribution in [1.29, 1.82) is 0 Å². The largest absolute Gasteiger partial charge is 0.377 e. The molecule has 0 aliphatic carbocycles. The molecule has 1 atom stereocenters. The van der Waals surface area contributed by atoms with Crippen LogP contribution in [0.25, 0.3) is 0 Å². The van der Waals surface area contributed by atoms with E-state index in [0.717, 1.165) is 17.5 Å². The van der Waals surface area contributed by atoms with Gasteiger partial charge in [-0.3, -0.25) is 9.71 Å². The molecule has 0 aliphatic rings. The number of hydrogen-bond acceptors (Lipinski definition) is 4. The highest BCUT2D eigenvalue weighted by Gasteiger charge is 2.10. The molecule has 20 heavy (non-hydrogen) atoms. The number of hydrogen-bond donors (Lipinski definition) is 2. The van der Waals surface area contributed by atoms with Crippen LogP contribution in [0.4, 0.5) is 11.4 Å². The number of rotatable bonds is 5. The predicted molar refractivity (Wildman–Crippen MR) is 81.2 cm³/mol. The van der Waals surface area contributed by atoms with Crippen molar-refractivity contribution in [2.45, 2.75) is 13.0 Å². The van der Waals surface area contributed by atoms with Gasteiger partial charge < -0.3 is 5.32 Å². The Labute approximate surface area is 119 Å². The molecular weight excluding hydrogens is 274 g/mol. The Morgan fingerprint density at radius 3 is 2.40 bits per heavy atom. The summed E-state index contributed by atoms with van der Waals surface area (Å²) in [4.78, 5) is 4.08. The number of para-hydroxylation sites is 2. The molecule has 2 rings (SSSR count). The summed E-state index contributed by atoms with van der Waals surface area (Å²) in [6.45, 7) is 1.99. The summed E-state index contributed by atoms with van der Waals surface area (Å²) < 4.78 is 25.2. The van der Waals surface area contributed by atoms with Crippen molar-refractivity contribution in [2.24, 2.45) is 0 Å². The SMILES string of the molecule is CC(Nc1ccccc1NS(C)(=O)=O)c1cccnc1. The van der Waals surface area contributed by atoms with Crippen LogP contribution < -0.4 is 10.0 Å². The van der Waals surface area contributed by atoms with Gasteiger partial charge in [-0.2, -0.15) is 0 Å². The molecule has 0 fully saturated rings. The number of pyridine rings is 1. The monoisotopic (exact) mass is 291 g/mol. The molecule has 0 spiro atoms. The quantitative estimate of drug-likeness (QED) is 0.888. The van der Waals surface area contributed by atoms with Crippen LogP contribution in [0.15, 0.2) is 48.8 Å². The van der Waals surface area contributed by atoms with Gasteiger partial charge in [0.25, 0.3) is 0 Å². The van der Waals surface area contributed by atoms with E-state index in [4.69, 9.17) is 0 Å². The lowest BCUT2D eigenvalue weighted by Gasteiger charge is -2.18. The fourth-order valence-corrected chi connectivity index (χ4v) is 2.42. The van der Waals surface area contributed by atoms with Crippen LogP contribution in [0.3, 0.4) is 0 Å². The molecule has 0 radical (unpaired) electrons. The summed E-state index contributed by atoms with van der Waals surface area (Å²) in [6, 6.07) is 11.1. The van der Waals surface area contributed by atoms with Crippen LogP contribution in [-0.2, 0) is 10.0 Å². The molecule has 2 aromatic rings. The van der Waals surface area contributed by atoms with Gasteiger partial charge >= 0.3 is 0 Å². The summed E-state index contributed by atoms with van der Waals surface area (Å²) in [5.41, 5.74) is 2.29. The second-order valence-corrected chi connectivity index (χ2v) is 6.32. The minimum absolute atomic E-state index is 0.0196. The summed E-state index contributed by atoms with van der Waals surface area (Å²) >= 11 is 0. The second kappa shape index (κ2) is 5.92. The van der Waals surface area contributed by atoms with Gasteiger partial charge in [0.05, 0.1) is 23.7 Å². The smallest absolute Gasteiger partial charge is 0.229 e. The van der Waals surface area contributed by atoms with Crippen molar-refractivity contribution in [2.75, 3.05) is 16.3 Å². The molecule has 1 aromatic carbocycles. The molecule has 0 saturated carbocycles. The van der Waals surface area contributed by atoms with Crippen molar-refractivity contribution >= 4 is 21.4 Å². The predicted octanol–water partition coefficient (Wildman–Crippen LogP) is 2.63. The first-order valence-electron chi connectivity index (χ1n) is 6.19. The normalized spacial score (nSPS) is 12.7. The minimum atomic E-state index is -3.30. The lowest BCUT2D eigenvalue weighted by molar-refractivity contribution is 0.607. The van der Waals surface area contributed by atoms with E-state index in [9.17, 15) is 8.42 Å². The third-order valence-corrected chi connectivity index (χ3v) is 3.37. The highest BCUT2D eigenvalue weighted by Crippen LogP contribution is 2.26. The molecule has 6 heteroatoms. The standard InChI is InChI=1S/C14H17N3O2S/c1-11(12-6-5-9-15-10-12)16-13-7-3-4-8-14(13)17-20(2,18)19/h3-11,16-17H,1-2H3. The van der Waals surface area contributed by atoms with Crippen molar-refractivity contribution in [3.63, 3.8) is 0 Å². The molecule has 2 N–H and O–H groups in total. The molecular formula is C14H17N3O2S. The zero-order valence-corrected chi connectivity index (χ0v) is 12.2. The van der Waals surface area contributed by atoms with E-state index in [0.29, 0.717) is 5.69 Å². The Morgan fingerprint density at radius 2 is 1.80 bits per heavy atom. The number of anilines is 2. The van der Waals surface area contributed by atoms with E-state index in [1.165, 1.54) is 0 Å². The molecule has 106 valence electrons. The van der Waals surface area contributed by atoms with Crippen LogP contribution in [0.5, 0.6) is 0 Å². The molecule has 0 bridgehead atoms. The number of nitrogens with one attached hydrogen (secondary N) is 2. The molecule has 0 saturated heterocycles.